The molecule has 0 aromatic carbocycles. The highest BCUT2D eigenvalue weighted by Gasteiger charge is 2.32. The van der Waals surface area contributed by atoms with Gasteiger partial charge < -0.3 is 9.73 Å². The normalized spacial score (nSPS) is 19.9. The number of furan rings is 1. The van der Waals surface area contributed by atoms with E-state index in [4.69, 9.17) is 4.42 Å². The molecular formula is C14H24N2O. The SMILES string of the molecule is CCNCc1coc(CN2CCCC2(C)C)c1. The highest BCUT2D eigenvalue weighted by molar-refractivity contribution is 5.13. The monoisotopic (exact) mass is 236 g/mol. The van der Waals surface area contributed by atoms with Crippen molar-refractivity contribution in [1.29, 1.82) is 0 Å². The Balaban J connectivity index is 1.92. The first-order chi connectivity index (χ1) is 8.12. The Bertz CT molecular complexity index is 357. The Labute approximate surface area is 104 Å². The molecule has 1 aliphatic rings. The summed E-state index contributed by atoms with van der Waals surface area (Å²) < 4.78 is 5.64. The molecule has 1 N–H and O–H groups in total. The number of rotatable bonds is 5. The molecule has 3 heteroatoms. The van der Waals surface area contributed by atoms with Crippen molar-refractivity contribution >= 4 is 0 Å². The van der Waals surface area contributed by atoms with Gasteiger partial charge in [0.1, 0.15) is 5.76 Å². The minimum atomic E-state index is 0.328. The third kappa shape index (κ3) is 3.11. The Kier molecular flexibility index (Phi) is 3.89. The zero-order valence-corrected chi connectivity index (χ0v) is 11.3. The summed E-state index contributed by atoms with van der Waals surface area (Å²) in [5.41, 5.74) is 1.58. The van der Waals surface area contributed by atoms with Gasteiger partial charge in [-0.1, -0.05) is 6.92 Å². The predicted molar refractivity (Wildman–Crippen MR) is 69.8 cm³/mol. The van der Waals surface area contributed by atoms with Gasteiger partial charge in [0.2, 0.25) is 0 Å². The molecule has 0 aliphatic carbocycles. The molecule has 0 bridgehead atoms. The van der Waals surface area contributed by atoms with Gasteiger partial charge in [0, 0.05) is 17.6 Å². The van der Waals surface area contributed by atoms with Crippen molar-refractivity contribution in [3.63, 3.8) is 0 Å². The number of nitrogens with one attached hydrogen (secondary N) is 1. The number of hydrogen-bond donors (Lipinski definition) is 1. The fourth-order valence-corrected chi connectivity index (χ4v) is 2.52. The largest absolute Gasteiger partial charge is 0.468 e. The Morgan fingerprint density at radius 3 is 2.94 bits per heavy atom. The summed E-state index contributed by atoms with van der Waals surface area (Å²) in [5, 5.41) is 3.31. The van der Waals surface area contributed by atoms with Gasteiger partial charge in [-0.25, -0.2) is 0 Å². The summed E-state index contributed by atoms with van der Waals surface area (Å²) in [6.07, 6.45) is 4.47. The van der Waals surface area contributed by atoms with E-state index in [0.717, 1.165) is 25.4 Å². The molecule has 96 valence electrons. The van der Waals surface area contributed by atoms with Gasteiger partial charge in [0.25, 0.3) is 0 Å². The Hall–Kier alpha value is -0.800. The smallest absolute Gasteiger partial charge is 0.118 e. The minimum Gasteiger partial charge on any atom is -0.468 e. The molecule has 1 aromatic rings. The van der Waals surface area contributed by atoms with Crippen LogP contribution in [-0.2, 0) is 13.1 Å². The first kappa shape index (κ1) is 12.7. The van der Waals surface area contributed by atoms with Crippen molar-refractivity contribution in [2.45, 2.75) is 52.2 Å². The minimum absolute atomic E-state index is 0.328. The highest BCUT2D eigenvalue weighted by atomic mass is 16.3. The van der Waals surface area contributed by atoms with E-state index in [0.29, 0.717) is 5.54 Å². The lowest BCUT2D eigenvalue weighted by atomic mass is 10.0. The van der Waals surface area contributed by atoms with Gasteiger partial charge in [-0.05, 0) is 45.8 Å². The Morgan fingerprint density at radius 1 is 1.47 bits per heavy atom. The van der Waals surface area contributed by atoms with Gasteiger partial charge in [-0.2, -0.15) is 0 Å². The topological polar surface area (TPSA) is 28.4 Å². The van der Waals surface area contributed by atoms with Gasteiger partial charge >= 0.3 is 0 Å². The second-order valence-corrected chi connectivity index (χ2v) is 5.54. The van der Waals surface area contributed by atoms with Crippen LogP contribution >= 0.6 is 0 Å². The molecule has 1 saturated heterocycles. The standard InChI is InChI=1S/C14H24N2O/c1-4-15-9-12-8-13(17-11-12)10-16-7-5-6-14(16,2)3/h8,11,15H,4-7,9-10H2,1-3H3. The van der Waals surface area contributed by atoms with Crippen LogP contribution in [0.3, 0.4) is 0 Å². The van der Waals surface area contributed by atoms with Crippen molar-refractivity contribution in [2.75, 3.05) is 13.1 Å². The fourth-order valence-electron chi connectivity index (χ4n) is 2.52. The second-order valence-electron chi connectivity index (χ2n) is 5.54. The lowest BCUT2D eigenvalue weighted by Gasteiger charge is -2.30. The number of hydrogen-bond acceptors (Lipinski definition) is 3. The van der Waals surface area contributed by atoms with Crippen LogP contribution in [0.4, 0.5) is 0 Å². The first-order valence-electron chi connectivity index (χ1n) is 6.64. The molecule has 17 heavy (non-hydrogen) atoms. The number of nitrogens with zero attached hydrogens (tertiary/aromatic N) is 1. The van der Waals surface area contributed by atoms with Crippen LogP contribution in [0.1, 0.15) is 44.9 Å². The molecular weight excluding hydrogens is 212 g/mol. The summed E-state index contributed by atoms with van der Waals surface area (Å²) in [7, 11) is 0. The molecule has 0 amide bonds. The van der Waals surface area contributed by atoms with Gasteiger partial charge in [-0.15, -0.1) is 0 Å². The maximum Gasteiger partial charge on any atom is 0.118 e. The van der Waals surface area contributed by atoms with E-state index in [1.165, 1.54) is 24.9 Å². The van der Waals surface area contributed by atoms with Gasteiger partial charge in [-0.3, -0.25) is 4.90 Å². The molecule has 2 rings (SSSR count). The summed E-state index contributed by atoms with van der Waals surface area (Å²) >= 11 is 0. The van der Waals surface area contributed by atoms with Crippen molar-refractivity contribution in [1.82, 2.24) is 10.2 Å². The molecule has 3 nitrogen and oxygen atoms in total. The summed E-state index contributed by atoms with van der Waals surface area (Å²) in [4.78, 5) is 2.52. The second kappa shape index (κ2) is 5.23. The highest BCUT2D eigenvalue weighted by Crippen LogP contribution is 2.29. The molecule has 0 unspecified atom stereocenters. The molecule has 1 fully saturated rings. The van der Waals surface area contributed by atoms with Gasteiger partial charge in [0.15, 0.2) is 0 Å². The fraction of sp³-hybridized carbons (Fsp3) is 0.714. The van der Waals surface area contributed by atoms with E-state index >= 15 is 0 Å². The third-order valence-corrected chi connectivity index (χ3v) is 3.71. The molecule has 0 radical (unpaired) electrons. The zero-order chi connectivity index (χ0) is 12.3. The maximum atomic E-state index is 5.64. The Morgan fingerprint density at radius 2 is 2.29 bits per heavy atom. The van der Waals surface area contributed by atoms with E-state index in [2.05, 4.69) is 37.1 Å². The molecule has 2 heterocycles. The number of likely N-dealkylation sites (tertiary alicyclic amines) is 1. The first-order valence-corrected chi connectivity index (χ1v) is 6.64. The quantitative estimate of drug-likeness (QED) is 0.852. The summed E-state index contributed by atoms with van der Waals surface area (Å²) in [5.74, 6) is 1.09. The molecule has 0 spiro atoms. The van der Waals surface area contributed by atoms with Crippen LogP contribution in [0, 0.1) is 0 Å². The van der Waals surface area contributed by atoms with Crippen LogP contribution < -0.4 is 5.32 Å². The van der Waals surface area contributed by atoms with Crippen molar-refractivity contribution < 1.29 is 4.42 Å². The summed E-state index contributed by atoms with van der Waals surface area (Å²) in [6.45, 7) is 10.8. The molecule has 0 saturated carbocycles. The van der Waals surface area contributed by atoms with Crippen molar-refractivity contribution in [3.8, 4) is 0 Å². The van der Waals surface area contributed by atoms with Crippen LogP contribution in [0.5, 0.6) is 0 Å². The average Bonchev–Trinajstić information content (AvgIpc) is 2.84. The molecule has 1 aromatic heterocycles. The van der Waals surface area contributed by atoms with Crippen molar-refractivity contribution in [2.24, 2.45) is 0 Å². The third-order valence-electron chi connectivity index (χ3n) is 3.71. The molecule has 0 atom stereocenters. The maximum absolute atomic E-state index is 5.64. The average molecular weight is 236 g/mol. The van der Waals surface area contributed by atoms with E-state index < -0.39 is 0 Å². The molecule has 1 aliphatic heterocycles. The van der Waals surface area contributed by atoms with E-state index in [9.17, 15) is 0 Å². The van der Waals surface area contributed by atoms with E-state index in [1.807, 2.05) is 6.26 Å². The lowest BCUT2D eigenvalue weighted by molar-refractivity contribution is 0.154. The van der Waals surface area contributed by atoms with Crippen LogP contribution in [0.2, 0.25) is 0 Å². The zero-order valence-electron chi connectivity index (χ0n) is 11.3. The van der Waals surface area contributed by atoms with Gasteiger partial charge in [0.05, 0.1) is 12.8 Å². The summed E-state index contributed by atoms with van der Waals surface area (Å²) in [6, 6.07) is 2.18. The predicted octanol–water partition coefficient (Wildman–Crippen LogP) is 2.76. The van der Waals surface area contributed by atoms with E-state index in [1.54, 1.807) is 0 Å². The van der Waals surface area contributed by atoms with Crippen LogP contribution in [-0.4, -0.2) is 23.5 Å². The van der Waals surface area contributed by atoms with Crippen molar-refractivity contribution in [3.05, 3.63) is 23.7 Å². The lowest BCUT2D eigenvalue weighted by Crippen LogP contribution is -2.37. The van der Waals surface area contributed by atoms with E-state index in [-0.39, 0.29) is 0 Å². The van der Waals surface area contributed by atoms with Crippen LogP contribution in [0.25, 0.3) is 0 Å². The van der Waals surface area contributed by atoms with Crippen LogP contribution in [0.15, 0.2) is 16.7 Å².